The highest BCUT2D eigenvalue weighted by molar-refractivity contribution is 7.09. The molecule has 1 aliphatic rings. The highest BCUT2D eigenvalue weighted by atomic mass is 32.1. The Bertz CT molecular complexity index is 1010. The van der Waals surface area contributed by atoms with Gasteiger partial charge in [0.1, 0.15) is 10.7 Å². The maximum absolute atomic E-state index is 14.4. The number of carbonyl (C=O) groups is 4. The van der Waals surface area contributed by atoms with E-state index in [0.717, 1.165) is 32.2 Å². The van der Waals surface area contributed by atoms with E-state index in [1.54, 1.807) is 12.5 Å². The van der Waals surface area contributed by atoms with Crippen LogP contribution in [0.5, 0.6) is 0 Å². The van der Waals surface area contributed by atoms with Gasteiger partial charge in [-0.05, 0) is 38.3 Å². The van der Waals surface area contributed by atoms with Crippen LogP contribution in [-0.4, -0.2) is 91.3 Å². The van der Waals surface area contributed by atoms with Crippen molar-refractivity contribution in [2.24, 2.45) is 17.8 Å². The Labute approximate surface area is 249 Å². The van der Waals surface area contributed by atoms with Crippen LogP contribution in [0, 0.1) is 17.8 Å². The van der Waals surface area contributed by atoms with E-state index < -0.39 is 18.0 Å². The van der Waals surface area contributed by atoms with Crippen LogP contribution in [0.3, 0.4) is 0 Å². The molecule has 0 radical (unpaired) electrons. The summed E-state index contributed by atoms with van der Waals surface area (Å²) >= 11 is 1.25. The summed E-state index contributed by atoms with van der Waals surface area (Å²) in [5, 5.41) is 4.69. The van der Waals surface area contributed by atoms with Gasteiger partial charge in [-0.25, -0.2) is 4.98 Å². The Morgan fingerprint density at radius 1 is 1.22 bits per heavy atom. The second kappa shape index (κ2) is 16.9. The van der Waals surface area contributed by atoms with Crippen LogP contribution in [0.15, 0.2) is 5.38 Å². The summed E-state index contributed by atoms with van der Waals surface area (Å²) < 4.78 is 11.1. The summed E-state index contributed by atoms with van der Waals surface area (Å²) in [7, 11) is 5.12. The van der Waals surface area contributed by atoms with Gasteiger partial charge in [0.15, 0.2) is 11.9 Å². The monoisotopic (exact) mass is 594 g/mol. The number of Topliss-reactive ketones (excluding diaryl/α,β-unsaturated/α-hetero) is 1. The van der Waals surface area contributed by atoms with Gasteiger partial charge in [0.2, 0.25) is 5.91 Å². The zero-order chi connectivity index (χ0) is 30.7. The first-order valence-corrected chi connectivity index (χ1v) is 15.7. The van der Waals surface area contributed by atoms with Crippen LogP contribution in [0.1, 0.15) is 94.7 Å². The van der Waals surface area contributed by atoms with Gasteiger partial charge in [0.05, 0.1) is 12.6 Å². The number of aromatic nitrogens is 1. The fraction of sp³-hybridized carbons (Fsp3) is 0.767. The fourth-order valence-electron chi connectivity index (χ4n) is 5.54. The van der Waals surface area contributed by atoms with Crippen LogP contribution in [-0.2, 0) is 23.9 Å². The van der Waals surface area contributed by atoms with Crippen LogP contribution < -0.4 is 5.32 Å². The molecule has 232 valence electrons. The molecule has 1 fully saturated rings. The number of thiazole rings is 1. The van der Waals surface area contributed by atoms with Crippen molar-refractivity contribution in [1.29, 1.82) is 0 Å². The molecule has 1 N–H and O–H groups in total. The second-order valence-corrected chi connectivity index (χ2v) is 12.4. The Morgan fingerprint density at radius 2 is 1.93 bits per heavy atom. The van der Waals surface area contributed by atoms with Crippen molar-refractivity contribution in [3.8, 4) is 0 Å². The third-order valence-electron chi connectivity index (χ3n) is 8.22. The van der Waals surface area contributed by atoms with Crippen molar-refractivity contribution in [2.75, 3.05) is 40.9 Å². The lowest BCUT2D eigenvalue weighted by Crippen LogP contribution is -2.50. The molecule has 10 nitrogen and oxygen atoms in total. The van der Waals surface area contributed by atoms with Crippen molar-refractivity contribution in [1.82, 2.24) is 20.1 Å². The van der Waals surface area contributed by atoms with E-state index in [1.165, 1.54) is 25.3 Å². The zero-order valence-corrected chi connectivity index (χ0v) is 26.9. The molecule has 1 aromatic heterocycles. The van der Waals surface area contributed by atoms with Crippen molar-refractivity contribution in [2.45, 2.75) is 91.3 Å². The van der Waals surface area contributed by atoms with Crippen LogP contribution >= 0.6 is 11.3 Å². The predicted molar refractivity (Wildman–Crippen MR) is 160 cm³/mol. The molecule has 5 atom stereocenters. The highest BCUT2D eigenvalue weighted by Crippen LogP contribution is 2.33. The topological polar surface area (TPSA) is 118 Å². The van der Waals surface area contributed by atoms with E-state index in [1.807, 2.05) is 39.6 Å². The number of methoxy groups -OCH3 is 1. The van der Waals surface area contributed by atoms with E-state index in [2.05, 4.69) is 15.2 Å². The van der Waals surface area contributed by atoms with E-state index in [4.69, 9.17) is 9.47 Å². The molecule has 0 aliphatic carbocycles. The van der Waals surface area contributed by atoms with Crippen molar-refractivity contribution >= 4 is 34.9 Å². The van der Waals surface area contributed by atoms with E-state index >= 15 is 0 Å². The molecule has 0 aromatic carbocycles. The van der Waals surface area contributed by atoms with Crippen molar-refractivity contribution in [3.05, 3.63) is 16.1 Å². The molecule has 1 aliphatic heterocycles. The predicted octanol–water partition coefficient (Wildman–Crippen LogP) is 4.10. The number of esters is 1. The third-order valence-corrected chi connectivity index (χ3v) is 9.16. The summed E-state index contributed by atoms with van der Waals surface area (Å²) in [6, 6.07) is -0.474. The molecular formula is C30H50N4O6S. The SMILES string of the molecule is CC[C@H](C)[C@H](CC(=O)[C@H]1CCCCN1C)C(=O)N(CCOC)[C@H](C[C@@H](OC(C)=O)c1nc(C(=O)NC)cs1)C(C)C. The maximum atomic E-state index is 14.4. The first kappa shape index (κ1) is 34.8. The quantitative estimate of drug-likeness (QED) is 0.284. The molecule has 2 rings (SSSR count). The number of carbonyl (C=O) groups excluding carboxylic acids is 4. The van der Waals surface area contributed by atoms with Crippen molar-refractivity contribution in [3.63, 3.8) is 0 Å². The van der Waals surface area contributed by atoms with Gasteiger partial charge in [-0.1, -0.05) is 40.5 Å². The summed E-state index contributed by atoms with van der Waals surface area (Å²) in [5.41, 5.74) is 0.251. The minimum absolute atomic E-state index is 0.00463. The zero-order valence-electron chi connectivity index (χ0n) is 26.1. The molecule has 2 heterocycles. The molecule has 11 heteroatoms. The normalized spacial score (nSPS) is 18.8. The lowest BCUT2D eigenvalue weighted by molar-refractivity contribution is -0.150. The van der Waals surface area contributed by atoms with E-state index in [-0.39, 0.29) is 53.6 Å². The molecule has 0 unspecified atom stereocenters. The molecule has 41 heavy (non-hydrogen) atoms. The molecular weight excluding hydrogens is 544 g/mol. The van der Waals surface area contributed by atoms with Gasteiger partial charge >= 0.3 is 5.97 Å². The molecule has 0 bridgehead atoms. The number of likely N-dealkylation sites (tertiary alicyclic amines) is 1. The largest absolute Gasteiger partial charge is 0.455 e. The number of nitrogens with zero attached hydrogens (tertiary/aromatic N) is 3. The Balaban J connectivity index is 2.41. The lowest BCUT2D eigenvalue weighted by atomic mass is 9.82. The minimum atomic E-state index is -0.735. The molecule has 2 amide bonds. The highest BCUT2D eigenvalue weighted by Gasteiger charge is 2.38. The Kier molecular flexibility index (Phi) is 14.4. The second-order valence-electron chi connectivity index (χ2n) is 11.5. The number of piperidine rings is 1. The minimum Gasteiger partial charge on any atom is -0.455 e. The van der Waals surface area contributed by atoms with Gasteiger partial charge in [0.25, 0.3) is 5.91 Å². The number of ether oxygens (including phenoxy) is 2. The first-order valence-electron chi connectivity index (χ1n) is 14.8. The molecule has 0 spiro atoms. The first-order chi connectivity index (χ1) is 19.4. The average molecular weight is 595 g/mol. The molecule has 0 saturated carbocycles. The maximum Gasteiger partial charge on any atom is 0.303 e. The third kappa shape index (κ3) is 9.85. The van der Waals surface area contributed by atoms with Crippen LogP contribution in [0.25, 0.3) is 0 Å². The number of hydrogen-bond acceptors (Lipinski definition) is 9. The van der Waals surface area contributed by atoms with Crippen LogP contribution in [0.2, 0.25) is 0 Å². The van der Waals surface area contributed by atoms with Crippen molar-refractivity contribution < 1.29 is 28.7 Å². The number of likely N-dealkylation sites (N-methyl/N-ethyl adjacent to an activating group) is 1. The van der Waals surface area contributed by atoms with Crippen LogP contribution in [0.4, 0.5) is 0 Å². The van der Waals surface area contributed by atoms with E-state index in [0.29, 0.717) is 24.6 Å². The van der Waals surface area contributed by atoms with Gasteiger partial charge < -0.3 is 19.7 Å². The van der Waals surface area contributed by atoms with Gasteiger partial charge in [0, 0.05) is 57.8 Å². The van der Waals surface area contributed by atoms with Gasteiger partial charge in [-0.2, -0.15) is 0 Å². The average Bonchev–Trinajstić information content (AvgIpc) is 3.44. The smallest absolute Gasteiger partial charge is 0.303 e. The number of ketones is 1. The summed E-state index contributed by atoms with van der Waals surface area (Å²) in [5.74, 6) is -1.19. The number of nitrogens with one attached hydrogen (secondary N) is 1. The number of hydrogen-bond donors (Lipinski definition) is 1. The summed E-state index contributed by atoms with van der Waals surface area (Å²) in [6.07, 6.45) is 3.48. The summed E-state index contributed by atoms with van der Waals surface area (Å²) in [4.78, 5) is 60.6. The Hall–Kier alpha value is -2.37. The fourth-order valence-corrected chi connectivity index (χ4v) is 6.38. The lowest BCUT2D eigenvalue weighted by Gasteiger charge is -2.39. The van der Waals surface area contributed by atoms with Gasteiger partial charge in [-0.3, -0.25) is 24.1 Å². The van der Waals surface area contributed by atoms with Gasteiger partial charge in [-0.15, -0.1) is 11.3 Å². The number of amides is 2. The molecule has 1 aromatic rings. The number of rotatable bonds is 16. The standard InChI is InChI=1S/C30H50N4O6S/c1-9-20(4)22(16-26(36)24-12-10-11-13-33(24)7)30(38)34(14-15-39-8)25(19(2)3)17-27(40-21(5)35)29-32-23(18-41-29)28(37)31-6/h18-20,22,24-25,27H,9-17H2,1-8H3,(H,31,37)/t20-,22-,24+,25+,27+/m0/s1. The van der Waals surface area contributed by atoms with E-state index in [9.17, 15) is 19.2 Å². The molecule has 1 saturated heterocycles. The summed E-state index contributed by atoms with van der Waals surface area (Å²) in [6.45, 7) is 11.0. The Morgan fingerprint density at radius 3 is 2.49 bits per heavy atom.